The van der Waals surface area contributed by atoms with E-state index in [0.29, 0.717) is 6.04 Å². The summed E-state index contributed by atoms with van der Waals surface area (Å²) >= 11 is 0. The molecule has 1 fully saturated rings. The Morgan fingerprint density at radius 2 is 1.95 bits per heavy atom. The van der Waals surface area contributed by atoms with Crippen LogP contribution in [0, 0.1) is 5.82 Å². The maximum absolute atomic E-state index is 13.8. The molecular weight excluding hydrogens is 271 g/mol. The molecule has 0 radical (unpaired) electrons. The third kappa shape index (κ3) is 4.92. The number of anilines is 2. The zero-order chi connectivity index (χ0) is 15.5. The number of carbonyl (C=O) groups is 1. The molecule has 1 aromatic carbocycles. The number of halogens is 1. The number of hydrogen-bond acceptors (Lipinski definition) is 3. The second-order valence-electron chi connectivity index (χ2n) is 6.45. The Balaban J connectivity index is 2.02. The van der Waals surface area contributed by atoms with Crippen LogP contribution in [0.5, 0.6) is 0 Å². The molecule has 0 heterocycles. The van der Waals surface area contributed by atoms with Gasteiger partial charge in [-0.15, -0.1) is 0 Å². The lowest BCUT2D eigenvalue weighted by atomic mass is 10.2. The number of rotatable bonds is 3. The van der Waals surface area contributed by atoms with Gasteiger partial charge in [0.1, 0.15) is 11.4 Å². The Morgan fingerprint density at radius 1 is 1.29 bits per heavy atom. The van der Waals surface area contributed by atoms with Gasteiger partial charge in [0, 0.05) is 11.7 Å². The fourth-order valence-corrected chi connectivity index (χ4v) is 2.43. The van der Waals surface area contributed by atoms with Crippen molar-refractivity contribution in [2.75, 3.05) is 10.6 Å². The van der Waals surface area contributed by atoms with Gasteiger partial charge in [-0.05, 0) is 51.8 Å². The first-order valence-corrected chi connectivity index (χ1v) is 7.39. The molecule has 0 aromatic heterocycles. The standard InChI is InChI=1S/C16H23FN2O2/c1-16(2,3)21-15(20)19-14-10-12(8-9-13(14)17)18-11-6-4-5-7-11/h8-11,18H,4-7H2,1-3H3,(H,19,20). The summed E-state index contributed by atoms with van der Waals surface area (Å²) in [6.07, 6.45) is 4.06. The summed E-state index contributed by atoms with van der Waals surface area (Å²) < 4.78 is 18.9. The Bertz CT molecular complexity index is 505. The SMILES string of the molecule is CC(C)(C)OC(=O)Nc1cc(NC2CCCC2)ccc1F. The summed E-state index contributed by atoms with van der Waals surface area (Å²) in [5, 5.41) is 5.83. The van der Waals surface area contributed by atoms with E-state index in [4.69, 9.17) is 4.74 Å². The number of carbonyl (C=O) groups excluding carboxylic acids is 1. The molecule has 0 atom stereocenters. The highest BCUT2D eigenvalue weighted by Gasteiger charge is 2.18. The van der Waals surface area contributed by atoms with E-state index in [1.54, 1.807) is 32.9 Å². The molecular formula is C16H23FN2O2. The Morgan fingerprint density at radius 3 is 2.57 bits per heavy atom. The van der Waals surface area contributed by atoms with E-state index in [2.05, 4.69) is 10.6 Å². The molecule has 0 unspecified atom stereocenters. The molecule has 21 heavy (non-hydrogen) atoms. The molecule has 1 saturated carbocycles. The third-order valence-corrected chi connectivity index (χ3v) is 3.33. The summed E-state index contributed by atoms with van der Waals surface area (Å²) in [5.41, 5.74) is 0.335. The quantitative estimate of drug-likeness (QED) is 0.861. The van der Waals surface area contributed by atoms with Gasteiger partial charge < -0.3 is 10.1 Å². The highest BCUT2D eigenvalue weighted by atomic mass is 19.1. The average Bonchev–Trinajstić information content (AvgIpc) is 2.84. The highest BCUT2D eigenvalue weighted by molar-refractivity contribution is 5.85. The van der Waals surface area contributed by atoms with Crippen LogP contribution in [0.4, 0.5) is 20.6 Å². The van der Waals surface area contributed by atoms with Crippen LogP contribution >= 0.6 is 0 Å². The van der Waals surface area contributed by atoms with Crippen LogP contribution in [-0.4, -0.2) is 17.7 Å². The van der Waals surface area contributed by atoms with Crippen molar-refractivity contribution in [3.8, 4) is 0 Å². The van der Waals surface area contributed by atoms with Gasteiger partial charge in [-0.1, -0.05) is 12.8 Å². The molecule has 2 rings (SSSR count). The summed E-state index contributed by atoms with van der Waals surface area (Å²) in [6.45, 7) is 5.29. The molecule has 116 valence electrons. The number of benzene rings is 1. The minimum atomic E-state index is -0.653. The lowest BCUT2D eigenvalue weighted by Gasteiger charge is -2.20. The predicted octanol–water partition coefficient (Wildman–Crippen LogP) is 4.53. The van der Waals surface area contributed by atoms with Gasteiger partial charge in [0.2, 0.25) is 0 Å². The highest BCUT2D eigenvalue weighted by Crippen LogP contribution is 2.25. The molecule has 2 N–H and O–H groups in total. The van der Waals surface area contributed by atoms with Crippen molar-refractivity contribution < 1.29 is 13.9 Å². The normalized spacial score (nSPS) is 15.8. The summed E-state index contributed by atoms with van der Waals surface area (Å²) in [6, 6.07) is 5.08. The average molecular weight is 294 g/mol. The molecule has 0 spiro atoms. The van der Waals surface area contributed by atoms with E-state index in [0.717, 1.165) is 18.5 Å². The summed E-state index contributed by atoms with van der Waals surface area (Å²) in [7, 11) is 0. The van der Waals surface area contributed by atoms with Crippen LogP contribution in [0.25, 0.3) is 0 Å². The Kier molecular flexibility index (Phi) is 4.70. The van der Waals surface area contributed by atoms with E-state index in [9.17, 15) is 9.18 Å². The van der Waals surface area contributed by atoms with Gasteiger partial charge in [-0.25, -0.2) is 9.18 Å². The fourth-order valence-electron chi connectivity index (χ4n) is 2.43. The first kappa shape index (κ1) is 15.6. The number of ether oxygens (including phenoxy) is 1. The lowest BCUT2D eigenvalue weighted by molar-refractivity contribution is 0.0635. The van der Waals surface area contributed by atoms with Gasteiger partial charge in [-0.3, -0.25) is 5.32 Å². The molecule has 1 amide bonds. The van der Waals surface area contributed by atoms with E-state index >= 15 is 0 Å². The molecule has 4 nitrogen and oxygen atoms in total. The van der Waals surface area contributed by atoms with Gasteiger partial charge in [0.05, 0.1) is 5.69 Å². The van der Waals surface area contributed by atoms with Gasteiger partial charge in [0.15, 0.2) is 0 Å². The van der Waals surface area contributed by atoms with Crippen LogP contribution in [-0.2, 0) is 4.74 Å². The zero-order valence-corrected chi connectivity index (χ0v) is 12.8. The maximum atomic E-state index is 13.8. The first-order valence-electron chi connectivity index (χ1n) is 7.39. The number of amides is 1. The molecule has 0 saturated heterocycles. The van der Waals surface area contributed by atoms with Crippen molar-refractivity contribution in [1.82, 2.24) is 0 Å². The molecule has 0 bridgehead atoms. The van der Waals surface area contributed by atoms with Crippen LogP contribution < -0.4 is 10.6 Å². The Hall–Kier alpha value is -1.78. The second kappa shape index (κ2) is 6.33. The fraction of sp³-hybridized carbons (Fsp3) is 0.562. The van der Waals surface area contributed by atoms with Gasteiger partial charge >= 0.3 is 6.09 Å². The topological polar surface area (TPSA) is 50.4 Å². The van der Waals surface area contributed by atoms with E-state index in [1.165, 1.54) is 18.9 Å². The number of hydrogen-bond donors (Lipinski definition) is 2. The zero-order valence-electron chi connectivity index (χ0n) is 12.8. The molecule has 5 heteroatoms. The number of nitrogens with one attached hydrogen (secondary N) is 2. The van der Waals surface area contributed by atoms with Crippen LogP contribution in [0.3, 0.4) is 0 Å². The van der Waals surface area contributed by atoms with Crippen LogP contribution in [0.2, 0.25) is 0 Å². The van der Waals surface area contributed by atoms with E-state index < -0.39 is 17.5 Å². The van der Waals surface area contributed by atoms with Crippen molar-refractivity contribution >= 4 is 17.5 Å². The molecule has 0 aliphatic heterocycles. The van der Waals surface area contributed by atoms with Crippen molar-refractivity contribution in [2.24, 2.45) is 0 Å². The molecule has 1 aromatic rings. The summed E-state index contributed by atoms with van der Waals surface area (Å²) in [4.78, 5) is 11.7. The molecule has 1 aliphatic carbocycles. The monoisotopic (exact) mass is 294 g/mol. The third-order valence-electron chi connectivity index (χ3n) is 3.33. The maximum Gasteiger partial charge on any atom is 0.412 e. The van der Waals surface area contributed by atoms with Gasteiger partial charge in [0.25, 0.3) is 0 Å². The molecule has 1 aliphatic rings. The smallest absolute Gasteiger partial charge is 0.412 e. The van der Waals surface area contributed by atoms with E-state index in [-0.39, 0.29) is 5.69 Å². The second-order valence-corrected chi connectivity index (χ2v) is 6.45. The van der Waals surface area contributed by atoms with Crippen LogP contribution in [0.15, 0.2) is 18.2 Å². The van der Waals surface area contributed by atoms with Crippen molar-refractivity contribution in [3.63, 3.8) is 0 Å². The van der Waals surface area contributed by atoms with Crippen molar-refractivity contribution in [1.29, 1.82) is 0 Å². The Labute approximate surface area is 125 Å². The van der Waals surface area contributed by atoms with E-state index in [1.807, 2.05) is 0 Å². The minimum absolute atomic E-state index is 0.132. The summed E-state index contributed by atoms with van der Waals surface area (Å²) in [5.74, 6) is -0.474. The predicted molar refractivity (Wildman–Crippen MR) is 82.1 cm³/mol. The van der Waals surface area contributed by atoms with Crippen molar-refractivity contribution in [3.05, 3.63) is 24.0 Å². The largest absolute Gasteiger partial charge is 0.444 e. The first-order chi connectivity index (χ1) is 9.83. The van der Waals surface area contributed by atoms with Crippen molar-refractivity contribution in [2.45, 2.75) is 58.1 Å². The minimum Gasteiger partial charge on any atom is -0.444 e. The van der Waals surface area contributed by atoms with Gasteiger partial charge in [-0.2, -0.15) is 0 Å². The lowest BCUT2D eigenvalue weighted by Crippen LogP contribution is -2.27. The van der Waals surface area contributed by atoms with Crippen LogP contribution in [0.1, 0.15) is 46.5 Å².